The molecule has 0 unspecified atom stereocenters. The molecule has 0 radical (unpaired) electrons. The molecular weight excluding hydrogens is 238 g/mol. The first-order chi connectivity index (χ1) is 8.38. The molecule has 0 amide bonds. The van der Waals surface area contributed by atoms with Crippen molar-refractivity contribution >= 4 is 13.3 Å². The minimum absolute atomic E-state index is 0.676. The van der Waals surface area contributed by atoms with Gasteiger partial charge >= 0.3 is 0 Å². The second kappa shape index (κ2) is 5.87. The molecule has 0 atom stereocenters. The van der Waals surface area contributed by atoms with E-state index in [9.17, 15) is 0 Å². The third-order valence-electron chi connectivity index (χ3n) is 4.33. The van der Waals surface area contributed by atoms with Gasteiger partial charge in [0.05, 0.1) is 7.11 Å². The van der Waals surface area contributed by atoms with Crippen LogP contribution >= 0.6 is 0 Å². The Bertz CT molecular complexity index is 366. The zero-order valence-corrected chi connectivity index (χ0v) is 13.8. The molecule has 0 aliphatic rings. The normalized spacial score (nSPS) is 12.6. The van der Waals surface area contributed by atoms with Crippen LogP contribution in [0, 0.1) is 0 Å². The molecule has 0 aromatic carbocycles. The van der Waals surface area contributed by atoms with Crippen molar-refractivity contribution < 1.29 is 4.74 Å². The quantitative estimate of drug-likeness (QED) is 0.751. The number of rotatable bonds is 5. The van der Waals surface area contributed by atoms with Crippen LogP contribution in [-0.2, 0) is 0 Å². The van der Waals surface area contributed by atoms with E-state index in [1.807, 2.05) is 18.5 Å². The maximum atomic E-state index is 5.60. The van der Waals surface area contributed by atoms with Gasteiger partial charge in [-0.15, -0.1) is 0 Å². The lowest BCUT2D eigenvalue weighted by molar-refractivity contribution is 0.417. The van der Waals surface area contributed by atoms with Gasteiger partial charge in [0.25, 0.3) is 0 Å². The van der Waals surface area contributed by atoms with Crippen molar-refractivity contribution in [2.75, 3.05) is 7.11 Å². The Balaban J connectivity index is 3.52. The summed E-state index contributed by atoms with van der Waals surface area (Å²) in [7, 11) is 0.106. The van der Waals surface area contributed by atoms with Gasteiger partial charge in [-0.25, -0.2) is 0 Å². The van der Waals surface area contributed by atoms with Gasteiger partial charge < -0.3 is 4.74 Å². The second-order valence-corrected chi connectivity index (χ2v) is 11.8. The summed E-state index contributed by atoms with van der Waals surface area (Å²) in [5.41, 5.74) is 2.03. The molecule has 3 heteroatoms. The molecule has 0 N–H and O–H groups in total. The number of nitrogens with zero attached hydrogens (tertiary/aromatic N) is 1. The van der Waals surface area contributed by atoms with Crippen LogP contribution in [0.15, 0.2) is 18.5 Å². The van der Waals surface area contributed by atoms with Gasteiger partial charge in [-0.05, 0) is 22.7 Å². The Morgan fingerprint density at radius 3 is 1.89 bits per heavy atom. The highest BCUT2D eigenvalue weighted by Gasteiger charge is 2.46. The summed E-state index contributed by atoms with van der Waals surface area (Å²) in [6.07, 6.45) is 3.87. The summed E-state index contributed by atoms with van der Waals surface area (Å²) in [5, 5.41) is 1.38. The molecule has 18 heavy (non-hydrogen) atoms. The Morgan fingerprint density at radius 2 is 1.50 bits per heavy atom. The van der Waals surface area contributed by atoms with E-state index in [0.717, 1.165) is 5.75 Å². The van der Waals surface area contributed by atoms with Gasteiger partial charge in [0, 0.05) is 17.6 Å². The first-order valence-corrected chi connectivity index (χ1v) is 9.10. The van der Waals surface area contributed by atoms with Crippen molar-refractivity contribution in [1.82, 2.24) is 4.98 Å². The lowest BCUT2D eigenvalue weighted by atomic mass is 10.4. The van der Waals surface area contributed by atoms with Crippen LogP contribution in [0.25, 0.3) is 0 Å². The van der Waals surface area contributed by atoms with Crippen LogP contribution in [0.3, 0.4) is 0 Å². The summed E-state index contributed by atoms with van der Waals surface area (Å²) >= 11 is 0. The molecule has 0 saturated carbocycles. The van der Waals surface area contributed by atoms with E-state index < -0.39 is 8.07 Å². The standard InChI is InChI=1S/C15H27NOSi/c1-11(2)18(12(3)4,13(5)6)15-10-16-9-8-14(15)17-7/h8-13H,1-7H3. The van der Waals surface area contributed by atoms with Crippen molar-refractivity contribution in [3.8, 4) is 5.75 Å². The SMILES string of the molecule is COc1ccncc1[Si](C(C)C)(C(C)C)C(C)C. The number of ether oxygens (including phenoxy) is 1. The van der Waals surface area contributed by atoms with Crippen LogP contribution < -0.4 is 9.92 Å². The maximum Gasteiger partial charge on any atom is 0.121 e. The molecule has 1 aromatic heterocycles. The first-order valence-electron chi connectivity index (χ1n) is 6.87. The molecule has 0 spiro atoms. The Labute approximate surface area is 113 Å². The van der Waals surface area contributed by atoms with Crippen LogP contribution in [-0.4, -0.2) is 20.2 Å². The van der Waals surface area contributed by atoms with E-state index in [4.69, 9.17) is 4.74 Å². The molecule has 2 nitrogen and oxygen atoms in total. The predicted molar refractivity (Wildman–Crippen MR) is 81.5 cm³/mol. The molecule has 102 valence electrons. The van der Waals surface area contributed by atoms with Crippen LogP contribution in [0.1, 0.15) is 41.5 Å². The van der Waals surface area contributed by atoms with Gasteiger partial charge in [-0.3, -0.25) is 4.98 Å². The van der Waals surface area contributed by atoms with E-state index in [2.05, 4.69) is 46.5 Å². The largest absolute Gasteiger partial charge is 0.497 e. The zero-order chi connectivity index (χ0) is 13.9. The Kier molecular flexibility index (Phi) is 4.97. The fraction of sp³-hybridized carbons (Fsp3) is 0.667. The van der Waals surface area contributed by atoms with E-state index in [1.54, 1.807) is 7.11 Å². The van der Waals surface area contributed by atoms with E-state index in [0.29, 0.717) is 16.6 Å². The van der Waals surface area contributed by atoms with E-state index >= 15 is 0 Å². The minimum atomic E-state index is -1.66. The summed E-state index contributed by atoms with van der Waals surface area (Å²) in [4.78, 5) is 4.36. The molecule has 0 aliphatic heterocycles. The van der Waals surface area contributed by atoms with Gasteiger partial charge in [0.15, 0.2) is 0 Å². The highest BCUT2D eigenvalue weighted by molar-refractivity contribution is 6.95. The van der Waals surface area contributed by atoms with Crippen molar-refractivity contribution in [3.05, 3.63) is 18.5 Å². The summed E-state index contributed by atoms with van der Waals surface area (Å²) < 4.78 is 5.60. The lowest BCUT2D eigenvalue weighted by Crippen LogP contribution is -2.56. The monoisotopic (exact) mass is 265 g/mol. The van der Waals surface area contributed by atoms with Gasteiger partial charge in [-0.1, -0.05) is 41.5 Å². The molecule has 1 heterocycles. The highest BCUT2D eigenvalue weighted by Crippen LogP contribution is 2.42. The number of methoxy groups -OCH3 is 1. The fourth-order valence-corrected chi connectivity index (χ4v) is 10.6. The topological polar surface area (TPSA) is 22.1 Å². The molecular formula is C15H27NOSi. The van der Waals surface area contributed by atoms with Crippen molar-refractivity contribution in [2.24, 2.45) is 0 Å². The van der Waals surface area contributed by atoms with Gasteiger partial charge in [0.2, 0.25) is 0 Å². The van der Waals surface area contributed by atoms with Gasteiger partial charge in [-0.2, -0.15) is 0 Å². The van der Waals surface area contributed by atoms with Crippen LogP contribution in [0.4, 0.5) is 0 Å². The molecule has 0 fully saturated rings. The molecule has 0 aliphatic carbocycles. The number of aromatic nitrogens is 1. The summed E-state index contributed by atoms with van der Waals surface area (Å²) in [6.45, 7) is 14.2. The third kappa shape index (κ3) is 2.33. The van der Waals surface area contributed by atoms with Crippen molar-refractivity contribution in [1.29, 1.82) is 0 Å². The third-order valence-corrected chi connectivity index (χ3v) is 11.4. The number of hydrogen-bond acceptors (Lipinski definition) is 2. The average Bonchev–Trinajstić information content (AvgIpc) is 2.29. The first kappa shape index (κ1) is 15.2. The Morgan fingerprint density at radius 1 is 1.00 bits per heavy atom. The summed E-state index contributed by atoms with van der Waals surface area (Å²) in [5.74, 6) is 1.02. The number of pyridine rings is 1. The maximum absolute atomic E-state index is 5.60. The molecule has 0 saturated heterocycles. The molecule has 0 bridgehead atoms. The predicted octanol–water partition coefficient (Wildman–Crippen LogP) is 3.98. The minimum Gasteiger partial charge on any atom is -0.497 e. The van der Waals surface area contributed by atoms with Crippen LogP contribution in [0.2, 0.25) is 16.6 Å². The average molecular weight is 265 g/mol. The molecule has 1 rings (SSSR count). The lowest BCUT2D eigenvalue weighted by Gasteiger charge is -2.43. The smallest absolute Gasteiger partial charge is 0.121 e. The van der Waals surface area contributed by atoms with E-state index in [-0.39, 0.29) is 0 Å². The Hall–Kier alpha value is -0.833. The molecule has 1 aromatic rings. The zero-order valence-electron chi connectivity index (χ0n) is 12.8. The van der Waals surface area contributed by atoms with Gasteiger partial charge in [0.1, 0.15) is 13.8 Å². The van der Waals surface area contributed by atoms with E-state index in [1.165, 1.54) is 5.19 Å². The highest BCUT2D eigenvalue weighted by atomic mass is 28.3. The fourth-order valence-electron chi connectivity index (χ4n) is 3.82. The van der Waals surface area contributed by atoms with Crippen LogP contribution in [0.5, 0.6) is 5.75 Å². The summed E-state index contributed by atoms with van der Waals surface area (Å²) in [6, 6.07) is 2.00. The second-order valence-electron chi connectivity index (χ2n) is 5.97. The number of hydrogen-bond donors (Lipinski definition) is 0. The van der Waals surface area contributed by atoms with Crippen molar-refractivity contribution in [3.63, 3.8) is 0 Å². The van der Waals surface area contributed by atoms with Crippen molar-refractivity contribution in [2.45, 2.75) is 58.2 Å².